The predicted octanol–water partition coefficient (Wildman–Crippen LogP) is 4.16. The van der Waals surface area contributed by atoms with Gasteiger partial charge >= 0.3 is 5.82 Å². The summed E-state index contributed by atoms with van der Waals surface area (Å²) >= 11 is 1.09. The van der Waals surface area contributed by atoms with E-state index in [1.807, 2.05) is 12.1 Å². The van der Waals surface area contributed by atoms with E-state index in [0.717, 1.165) is 17.3 Å². The molecule has 1 saturated heterocycles. The van der Waals surface area contributed by atoms with Gasteiger partial charge in [0.1, 0.15) is 36.6 Å². The molecule has 33 heavy (non-hydrogen) atoms. The first-order valence-electron chi connectivity index (χ1n) is 10.3. The highest BCUT2D eigenvalue weighted by atomic mass is 32.2. The predicted molar refractivity (Wildman–Crippen MR) is 118 cm³/mol. The Kier molecular flexibility index (Phi) is 7.10. The maximum Gasteiger partial charge on any atom is 0.519 e. The van der Waals surface area contributed by atoms with Crippen LogP contribution in [0.4, 0.5) is 4.39 Å². The molecule has 7 nitrogen and oxygen atoms in total. The number of rotatable bonds is 9. The molecule has 0 bridgehead atoms. The van der Waals surface area contributed by atoms with Crippen molar-refractivity contribution in [1.29, 1.82) is 0 Å². The summed E-state index contributed by atoms with van der Waals surface area (Å²) in [5.74, 6) is -0.255. The Labute approximate surface area is 192 Å². The van der Waals surface area contributed by atoms with E-state index in [4.69, 9.17) is 18.3 Å². The fraction of sp³-hybridized carbons (Fsp3) is 0.292. The standard InChI is InChI=1S/C24H21FO7S/c1-14-20(32-24(28)31-14)12-30-21(17-4-2-3-5-18(17)25)13-29-16-8-6-15(7-9-16)10-22-19(26)11-23(27)33-22/h2-9,21-22H,10-13H2,1H3. The van der Waals surface area contributed by atoms with Crippen molar-refractivity contribution in [3.63, 3.8) is 0 Å². The van der Waals surface area contributed by atoms with Crippen LogP contribution in [0, 0.1) is 12.7 Å². The van der Waals surface area contributed by atoms with Gasteiger partial charge in [-0.15, -0.1) is 0 Å². The molecule has 2 unspecified atom stereocenters. The summed E-state index contributed by atoms with van der Waals surface area (Å²) in [6.07, 6.45) is -0.300. The SMILES string of the molecule is Cc1oc(=O)oc1COC(COc1ccc(CC2SC(=O)CC2=O)cc1)c1ccccc1F. The second-order valence-electron chi connectivity index (χ2n) is 7.54. The molecule has 0 amide bonds. The van der Waals surface area contributed by atoms with Gasteiger partial charge in [-0.05, 0) is 37.1 Å². The number of Topliss-reactive ketones (excluding diaryl/α,β-unsaturated/α-hetero) is 1. The molecule has 1 aromatic heterocycles. The number of ether oxygens (including phenoxy) is 2. The van der Waals surface area contributed by atoms with Crippen LogP contribution in [-0.2, 0) is 27.4 Å². The van der Waals surface area contributed by atoms with Crippen molar-refractivity contribution in [3.8, 4) is 5.75 Å². The van der Waals surface area contributed by atoms with Crippen molar-refractivity contribution >= 4 is 22.7 Å². The highest BCUT2D eigenvalue weighted by Gasteiger charge is 2.31. The van der Waals surface area contributed by atoms with Crippen LogP contribution in [-0.4, -0.2) is 22.8 Å². The maximum absolute atomic E-state index is 14.4. The summed E-state index contributed by atoms with van der Waals surface area (Å²) in [6.45, 7) is 1.49. The minimum absolute atomic E-state index is 0.00425. The monoisotopic (exact) mass is 472 g/mol. The summed E-state index contributed by atoms with van der Waals surface area (Å²) < 4.78 is 35.8. The summed E-state index contributed by atoms with van der Waals surface area (Å²) in [7, 11) is 0. The van der Waals surface area contributed by atoms with E-state index in [1.54, 1.807) is 37.3 Å². The third-order valence-electron chi connectivity index (χ3n) is 5.20. The van der Waals surface area contributed by atoms with E-state index in [9.17, 15) is 18.8 Å². The van der Waals surface area contributed by atoms with Gasteiger partial charge in [-0.25, -0.2) is 9.18 Å². The average Bonchev–Trinajstić information content (AvgIpc) is 3.28. The van der Waals surface area contributed by atoms with Crippen molar-refractivity contribution in [3.05, 3.63) is 87.6 Å². The number of benzene rings is 2. The third kappa shape index (κ3) is 5.80. The Morgan fingerprint density at radius 3 is 2.48 bits per heavy atom. The van der Waals surface area contributed by atoms with Gasteiger partial charge < -0.3 is 18.3 Å². The largest absolute Gasteiger partial charge is 0.519 e. The van der Waals surface area contributed by atoms with Gasteiger partial charge in [-0.3, -0.25) is 9.59 Å². The highest BCUT2D eigenvalue weighted by Crippen LogP contribution is 2.29. The number of carbonyl (C=O) groups is 2. The molecular formula is C24H21FO7S. The lowest BCUT2D eigenvalue weighted by atomic mass is 10.1. The van der Waals surface area contributed by atoms with E-state index >= 15 is 0 Å². The number of ketones is 1. The first-order valence-corrected chi connectivity index (χ1v) is 11.2. The number of aryl methyl sites for hydroxylation is 1. The second-order valence-corrected chi connectivity index (χ2v) is 8.80. The maximum atomic E-state index is 14.4. The van der Waals surface area contributed by atoms with Crippen LogP contribution in [0.1, 0.15) is 35.2 Å². The Balaban J connectivity index is 1.41. The molecule has 9 heteroatoms. The fourth-order valence-electron chi connectivity index (χ4n) is 3.43. The summed E-state index contributed by atoms with van der Waals surface area (Å²) in [6, 6.07) is 13.4. The van der Waals surface area contributed by atoms with Crippen molar-refractivity contribution in [2.45, 2.75) is 37.7 Å². The fourth-order valence-corrected chi connectivity index (χ4v) is 4.47. The molecule has 0 aliphatic carbocycles. The minimum Gasteiger partial charge on any atom is -0.491 e. The van der Waals surface area contributed by atoms with Crippen LogP contribution in [0.5, 0.6) is 5.75 Å². The molecule has 2 aromatic carbocycles. The van der Waals surface area contributed by atoms with Crippen LogP contribution in [0.2, 0.25) is 0 Å². The van der Waals surface area contributed by atoms with Crippen LogP contribution >= 0.6 is 11.8 Å². The Hall–Kier alpha value is -3.17. The Morgan fingerprint density at radius 1 is 1.09 bits per heavy atom. The van der Waals surface area contributed by atoms with Crippen molar-refractivity contribution < 1.29 is 32.3 Å². The molecule has 1 aliphatic rings. The number of halogens is 1. The zero-order chi connectivity index (χ0) is 23.4. The number of hydrogen-bond donors (Lipinski definition) is 0. The quantitative estimate of drug-likeness (QED) is 0.429. The first kappa shape index (κ1) is 23.0. The lowest BCUT2D eigenvalue weighted by Crippen LogP contribution is -2.16. The lowest BCUT2D eigenvalue weighted by Gasteiger charge is -2.19. The van der Waals surface area contributed by atoms with Crippen LogP contribution < -0.4 is 10.6 Å². The third-order valence-corrected chi connectivity index (χ3v) is 6.32. The van der Waals surface area contributed by atoms with E-state index in [-0.39, 0.29) is 41.5 Å². The summed E-state index contributed by atoms with van der Waals surface area (Å²) in [5.41, 5.74) is 1.22. The molecule has 1 fully saturated rings. The Bertz CT molecular complexity index is 1200. The zero-order valence-electron chi connectivity index (χ0n) is 17.7. The lowest BCUT2D eigenvalue weighted by molar-refractivity contribution is -0.121. The molecule has 3 aromatic rings. The van der Waals surface area contributed by atoms with Gasteiger partial charge in [0.25, 0.3) is 0 Å². The van der Waals surface area contributed by atoms with E-state index in [0.29, 0.717) is 23.5 Å². The smallest absolute Gasteiger partial charge is 0.491 e. The van der Waals surface area contributed by atoms with E-state index in [1.165, 1.54) is 6.07 Å². The topological polar surface area (TPSA) is 95.9 Å². The van der Waals surface area contributed by atoms with E-state index in [2.05, 4.69) is 0 Å². The molecule has 0 radical (unpaired) electrons. The summed E-state index contributed by atoms with van der Waals surface area (Å²) in [5, 5.41) is -0.427. The van der Waals surface area contributed by atoms with Crippen molar-refractivity contribution in [1.82, 2.24) is 0 Å². The Morgan fingerprint density at radius 2 is 1.85 bits per heavy atom. The van der Waals surface area contributed by atoms with Gasteiger partial charge in [-0.2, -0.15) is 0 Å². The van der Waals surface area contributed by atoms with Crippen LogP contribution in [0.3, 0.4) is 0 Å². The van der Waals surface area contributed by atoms with Crippen LogP contribution in [0.15, 0.2) is 62.2 Å². The molecule has 0 N–H and O–H groups in total. The molecule has 172 valence electrons. The normalized spacial score (nSPS) is 16.8. The minimum atomic E-state index is -0.827. The van der Waals surface area contributed by atoms with Gasteiger partial charge in [0.05, 0.1) is 11.7 Å². The molecule has 0 spiro atoms. The van der Waals surface area contributed by atoms with Crippen molar-refractivity contribution in [2.24, 2.45) is 0 Å². The molecule has 1 aliphatic heterocycles. The van der Waals surface area contributed by atoms with Crippen LogP contribution in [0.25, 0.3) is 0 Å². The zero-order valence-corrected chi connectivity index (χ0v) is 18.6. The summed E-state index contributed by atoms with van der Waals surface area (Å²) in [4.78, 5) is 34.5. The highest BCUT2D eigenvalue weighted by molar-refractivity contribution is 8.15. The number of hydrogen-bond acceptors (Lipinski definition) is 8. The second kappa shape index (κ2) is 10.2. The van der Waals surface area contributed by atoms with Gasteiger partial charge in [0.15, 0.2) is 16.7 Å². The van der Waals surface area contributed by atoms with Gasteiger partial charge in [0.2, 0.25) is 0 Å². The van der Waals surface area contributed by atoms with Gasteiger partial charge in [-0.1, -0.05) is 42.1 Å². The molecule has 0 saturated carbocycles. The number of thioether (sulfide) groups is 1. The van der Waals surface area contributed by atoms with Gasteiger partial charge in [0, 0.05) is 5.56 Å². The average molecular weight is 472 g/mol. The molecule has 2 heterocycles. The van der Waals surface area contributed by atoms with E-state index < -0.39 is 17.7 Å². The first-order chi connectivity index (χ1) is 15.9. The molecule has 4 rings (SSSR count). The molecular weight excluding hydrogens is 451 g/mol. The number of carbonyl (C=O) groups excluding carboxylic acids is 2. The van der Waals surface area contributed by atoms with Crippen molar-refractivity contribution in [2.75, 3.05) is 6.61 Å². The molecule has 2 atom stereocenters.